The van der Waals surface area contributed by atoms with Crippen LogP contribution in [-0.2, 0) is 4.74 Å². The Morgan fingerprint density at radius 1 is 0.941 bits per heavy atom. The molecule has 0 saturated carbocycles. The van der Waals surface area contributed by atoms with Crippen LogP contribution in [0.15, 0.2) is 42.5 Å². The number of unbranched alkanes of at least 4 members (excludes halogenated alkanes) is 1. The third-order valence-corrected chi connectivity index (χ3v) is 7.03. The molecule has 2 saturated heterocycles. The van der Waals surface area contributed by atoms with Gasteiger partial charge in [-0.15, -0.1) is 0 Å². The van der Waals surface area contributed by atoms with Gasteiger partial charge >= 0.3 is 6.09 Å². The van der Waals surface area contributed by atoms with E-state index in [1.54, 1.807) is 6.07 Å². The van der Waals surface area contributed by atoms with Crippen LogP contribution in [0.2, 0.25) is 10.0 Å². The Hall–Kier alpha value is -2.19. The predicted octanol–water partition coefficient (Wildman–Crippen LogP) is 4.52. The van der Waals surface area contributed by atoms with Crippen molar-refractivity contribution in [3.8, 4) is 5.75 Å². The molecule has 2 aromatic rings. The highest BCUT2D eigenvalue weighted by Gasteiger charge is 2.19. The second-order valence-corrected chi connectivity index (χ2v) is 9.31. The van der Waals surface area contributed by atoms with Gasteiger partial charge in [0.15, 0.2) is 0 Å². The molecule has 34 heavy (non-hydrogen) atoms. The van der Waals surface area contributed by atoms with Crippen LogP contribution in [0.3, 0.4) is 0 Å². The van der Waals surface area contributed by atoms with Crippen molar-refractivity contribution in [2.45, 2.75) is 12.8 Å². The SMILES string of the molecule is O=C(NCCCCN1CCN(c2cccc(Cl)c2Cl)CC1)Oc1cccc(N2CCOCC2)c1. The lowest BCUT2D eigenvalue weighted by Crippen LogP contribution is -2.46. The average molecular weight is 507 g/mol. The van der Waals surface area contributed by atoms with Gasteiger partial charge in [-0.2, -0.15) is 0 Å². The fraction of sp³-hybridized carbons (Fsp3) is 0.480. The van der Waals surface area contributed by atoms with Crippen molar-refractivity contribution in [2.24, 2.45) is 0 Å². The number of rotatable bonds is 8. The van der Waals surface area contributed by atoms with Crippen LogP contribution in [0.4, 0.5) is 16.2 Å². The molecule has 0 unspecified atom stereocenters. The minimum absolute atomic E-state index is 0.411. The number of carbonyl (C=O) groups excluding carboxylic acids is 1. The van der Waals surface area contributed by atoms with Crippen molar-refractivity contribution in [2.75, 3.05) is 75.4 Å². The van der Waals surface area contributed by atoms with E-state index in [-0.39, 0.29) is 0 Å². The van der Waals surface area contributed by atoms with Crippen molar-refractivity contribution >= 4 is 40.7 Å². The molecule has 4 rings (SSSR count). The maximum absolute atomic E-state index is 12.2. The lowest BCUT2D eigenvalue weighted by molar-refractivity contribution is 0.122. The van der Waals surface area contributed by atoms with E-state index >= 15 is 0 Å². The van der Waals surface area contributed by atoms with Crippen LogP contribution < -0.4 is 19.9 Å². The summed E-state index contributed by atoms with van der Waals surface area (Å²) in [6, 6.07) is 13.4. The van der Waals surface area contributed by atoms with Gasteiger partial charge in [-0.1, -0.05) is 35.3 Å². The number of nitrogens with zero attached hydrogens (tertiary/aromatic N) is 3. The number of amides is 1. The standard InChI is InChI=1S/C25H32Cl2N4O3/c26-22-7-4-8-23(24(22)27)31-13-11-29(12-14-31)10-2-1-9-28-25(32)34-21-6-3-5-20(19-21)30-15-17-33-18-16-30/h3-8,19H,1-2,9-18H2,(H,28,32). The number of halogens is 2. The molecular formula is C25H32Cl2N4O3. The summed E-state index contributed by atoms with van der Waals surface area (Å²) in [7, 11) is 0. The highest BCUT2D eigenvalue weighted by atomic mass is 35.5. The lowest BCUT2D eigenvalue weighted by Gasteiger charge is -2.36. The van der Waals surface area contributed by atoms with Crippen molar-refractivity contribution in [3.63, 3.8) is 0 Å². The largest absolute Gasteiger partial charge is 0.412 e. The first-order valence-corrected chi connectivity index (χ1v) is 12.7. The summed E-state index contributed by atoms with van der Waals surface area (Å²) in [6.45, 7) is 8.56. The van der Waals surface area contributed by atoms with E-state index in [0.717, 1.165) is 83.2 Å². The van der Waals surface area contributed by atoms with E-state index in [2.05, 4.69) is 20.0 Å². The van der Waals surface area contributed by atoms with E-state index < -0.39 is 6.09 Å². The molecule has 1 N–H and O–H groups in total. The van der Waals surface area contributed by atoms with Gasteiger partial charge in [0, 0.05) is 57.6 Å². The van der Waals surface area contributed by atoms with E-state index in [0.29, 0.717) is 22.3 Å². The van der Waals surface area contributed by atoms with Crippen LogP contribution in [0.5, 0.6) is 5.75 Å². The Kier molecular flexibility index (Phi) is 9.16. The monoisotopic (exact) mass is 506 g/mol. The van der Waals surface area contributed by atoms with Crippen molar-refractivity contribution in [1.82, 2.24) is 10.2 Å². The van der Waals surface area contributed by atoms with Gasteiger partial charge in [0.25, 0.3) is 0 Å². The molecule has 9 heteroatoms. The molecule has 2 aromatic carbocycles. The molecule has 7 nitrogen and oxygen atoms in total. The van der Waals surface area contributed by atoms with Crippen molar-refractivity contribution < 1.29 is 14.3 Å². The summed E-state index contributed by atoms with van der Waals surface area (Å²) >= 11 is 12.5. The van der Waals surface area contributed by atoms with Crippen LogP contribution in [0.1, 0.15) is 12.8 Å². The molecule has 0 aromatic heterocycles. The maximum atomic E-state index is 12.2. The predicted molar refractivity (Wildman–Crippen MR) is 138 cm³/mol. The molecule has 2 aliphatic rings. The Morgan fingerprint density at radius 3 is 2.50 bits per heavy atom. The third kappa shape index (κ3) is 6.92. The van der Waals surface area contributed by atoms with Crippen LogP contribution >= 0.6 is 23.2 Å². The van der Waals surface area contributed by atoms with E-state index in [9.17, 15) is 4.79 Å². The van der Waals surface area contributed by atoms with Crippen molar-refractivity contribution in [1.29, 1.82) is 0 Å². The molecule has 0 atom stereocenters. The number of morpholine rings is 1. The van der Waals surface area contributed by atoms with Crippen LogP contribution in [-0.4, -0.2) is 76.6 Å². The fourth-order valence-electron chi connectivity index (χ4n) is 4.31. The zero-order valence-corrected chi connectivity index (χ0v) is 20.9. The molecular weight excluding hydrogens is 475 g/mol. The summed E-state index contributed by atoms with van der Waals surface area (Å²) in [5, 5.41) is 4.08. The van der Waals surface area contributed by atoms with Gasteiger partial charge in [0.1, 0.15) is 5.75 Å². The molecule has 0 bridgehead atoms. The molecule has 0 radical (unpaired) electrons. The van der Waals surface area contributed by atoms with Gasteiger partial charge in [-0.25, -0.2) is 4.79 Å². The zero-order chi connectivity index (χ0) is 23.8. The van der Waals surface area contributed by atoms with Gasteiger partial charge in [-0.05, 0) is 43.7 Å². The molecule has 2 heterocycles. The molecule has 0 aliphatic carbocycles. The first kappa shape index (κ1) is 24.9. The summed E-state index contributed by atoms with van der Waals surface area (Å²) in [5.74, 6) is 0.555. The number of nitrogens with one attached hydrogen (secondary N) is 1. The van der Waals surface area contributed by atoms with E-state index in [1.807, 2.05) is 36.4 Å². The van der Waals surface area contributed by atoms with E-state index in [1.165, 1.54) is 0 Å². The smallest absolute Gasteiger partial charge is 0.410 e. The molecule has 1 amide bonds. The highest BCUT2D eigenvalue weighted by molar-refractivity contribution is 6.43. The van der Waals surface area contributed by atoms with Gasteiger partial charge in [0.05, 0.1) is 28.9 Å². The summed E-state index contributed by atoms with van der Waals surface area (Å²) in [4.78, 5) is 19.2. The van der Waals surface area contributed by atoms with Crippen LogP contribution in [0, 0.1) is 0 Å². The number of carbonyl (C=O) groups is 1. The number of hydrogen-bond acceptors (Lipinski definition) is 6. The Labute approximate surface area is 211 Å². The van der Waals surface area contributed by atoms with E-state index in [4.69, 9.17) is 32.7 Å². The average Bonchev–Trinajstić information content (AvgIpc) is 2.87. The summed E-state index contributed by atoms with van der Waals surface area (Å²) < 4.78 is 10.9. The minimum Gasteiger partial charge on any atom is -0.410 e. The first-order chi connectivity index (χ1) is 16.6. The van der Waals surface area contributed by atoms with Gasteiger partial charge in [-0.3, -0.25) is 4.90 Å². The number of ether oxygens (including phenoxy) is 2. The molecule has 0 spiro atoms. The highest BCUT2D eigenvalue weighted by Crippen LogP contribution is 2.32. The van der Waals surface area contributed by atoms with Gasteiger partial charge < -0.3 is 24.6 Å². The molecule has 2 aliphatic heterocycles. The molecule has 184 valence electrons. The fourth-order valence-corrected chi connectivity index (χ4v) is 4.72. The second-order valence-electron chi connectivity index (χ2n) is 8.52. The Balaban J connectivity index is 1.11. The minimum atomic E-state index is -0.411. The number of piperazine rings is 1. The lowest BCUT2D eigenvalue weighted by atomic mass is 10.2. The number of anilines is 2. The maximum Gasteiger partial charge on any atom is 0.412 e. The number of benzene rings is 2. The number of hydrogen-bond donors (Lipinski definition) is 1. The summed E-state index contributed by atoms with van der Waals surface area (Å²) in [6.07, 6.45) is 1.51. The quantitative estimate of drug-likeness (QED) is 0.531. The summed E-state index contributed by atoms with van der Waals surface area (Å²) in [5.41, 5.74) is 2.05. The Morgan fingerprint density at radius 2 is 1.71 bits per heavy atom. The normalized spacial score (nSPS) is 17.0. The third-order valence-electron chi connectivity index (χ3n) is 6.22. The van der Waals surface area contributed by atoms with Crippen LogP contribution in [0.25, 0.3) is 0 Å². The Bertz CT molecular complexity index is 948. The van der Waals surface area contributed by atoms with Gasteiger partial charge in [0.2, 0.25) is 0 Å². The topological polar surface area (TPSA) is 57.3 Å². The van der Waals surface area contributed by atoms with Crippen molar-refractivity contribution in [3.05, 3.63) is 52.5 Å². The second kappa shape index (κ2) is 12.5. The molecule has 2 fully saturated rings. The zero-order valence-electron chi connectivity index (χ0n) is 19.3. The first-order valence-electron chi connectivity index (χ1n) is 11.9.